The van der Waals surface area contributed by atoms with E-state index in [0.717, 1.165) is 90.7 Å². The van der Waals surface area contributed by atoms with Gasteiger partial charge >= 0.3 is 0 Å². The molecule has 12 aromatic carbocycles. The SMILES string of the molecule is c1ccc(N(c2ccccc2)c2cc3c4c(c2)N(c2ccccc2)c2ccccc2B4c2cc4c(cc2O3)N(c2ccccc2)c2cc(N(c3ccccc3)c3ccccc3)cc3c2B4c2cccc4c5ccccc5n-3c24)cc1. The van der Waals surface area contributed by atoms with Crippen molar-refractivity contribution in [2.24, 2.45) is 0 Å². The van der Waals surface area contributed by atoms with Crippen molar-refractivity contribution in [3.8, 4) is 17.2 Å². The zero-order valence-electron chi connectivity index (χ0n) is 43.4. The Labute approximate surface area is 465 Å². The van der Waals surface area contributed by atoms with Crippen LogP contribution in [-0.2, 0) is 0 Å². The number of anilines is 12. The molecule has 17 rings (SSSR count). The van der Waals surface area contributed by atoms with Crippen molar-refractivity contribution in [1.29, 1.82) is 0 Å². The van der Waals surface area contributed by atoms with Gasteiger partial charge in [-0.2, -0.15) is 0 Å². The zero-order valence-corrected chi connectivity index (χ0v) is 43.4. The summed E-state index contributed by atoms with van der Waals surface area (Å²) >= 11 is 0. The maximum atomic E-state index is 7.67. The minimum absolute atomic E-state index is 0.120. The van der Waals surface area contributed by atoms with Gasteiger partial charge in [-0.1, -0.05) is 170 Å². The van der Waals surface area contributed by atoms with Crippen molar-refractivity contribution in [3.63, 3.8) is 0 Å². The van der Waals surface area contributed by atoms with Crippen LogP contribution in [0.25, 0.3) is 27.5 Å². The molecule has 4 aliphatic heterocycles. The molecule has 0 N–H and O–H groups in total. The highest BCUT2D eigenvalue weighted by Gasteiger charge is 2.47. The lowest BCUT2D eigenvalue weighted by atomic mass is 9.30. The standard InChI is InChI=1S/C72H47B2N5O/c1-7-24-48(25-8-1)75(49-26-9-2-10-27-49)54-42-65-70-66(43-54)79-62-40-21-19-36-56(62)57-37-23-39-59(72(57)79)74(70)60-46-61-68(47-64(60)78(65)53-34-17-6-18-35-53)80-69-45-55(76(50-28-11-3-12-29-50)51-30-13-4-14-31-51)44-67-71(69)73(61)58-38-20-22-41-63(58)77(67)52-32-15-5-16-33-52/h1-47H. The lowest BCUT2D eigenvalue weighted by Crippen LogP contribution is -2.64. The van der Waals surface area contributed by atoms with E-state index >= 15 is 0 Å². The number of hydrogen-bond acceptors (Lipinski definition) is 5. The van der Waals surface area contributed by atoms with Crippen molar-refractivity contribution in [2.75, 3.05) is 19.6 Å². The van der Waals surface area contributed by atoms with Crippen molar-refractivity contribution in [3.05, 3.63) is 285 Å². The summed E-state index contributed by atoms with van der Waals surface area (Å²) in [4.78, 5) is 9.71. The van der Waals surface area contributed by atoms with Gasteiger partial charge in [-0.15, -0.1) is 0 Å². The van der Waals surface area contributed by atoms with Crippen LogP contribution in [-0.4, -0.2) is 18.0 Å². The second kappa shape index (κ2) is 17.5. The van der Waals surface area contributed by atoms with Gasteiger partial charge < -0.3 is 28.9 Å². The van der Waals surface area contributed by atoms with Gasteiger partial charge in [-0.25, -0.2) is 0 Å². The first-order valence-corrected chi connectivity index (χ1v) is 27.6. The van der Waals surface area contributed by atoms with Crippen LogP contribution in [0.1, 0.15) is 0 Å². The fourth-order valence-electron chi connectivity index (χ4n) is 13.7. The van der Waals surface area contributed by atoms with E-state index in [2.05, 4.69) is 309 Å². The molecule has 13 aromatic rings. The maximum Gasteiger partial charge on any atom is 0.256 e. The highest BCUT2D eigenvalue weighted by atomic mass is 16.5. The molecule has 0 aliphatic carbocycles. The topological polar surface area (TPSA) is 27.1 Å². The van der Waals surface area contributed by atoms with E-state index in [1.807, 2.05) is 0 Å². The van der Waals surface area contributed by atoms with E-state index < -0.39 is 0 Å². The minimum atomic E-state index is -0.147. The van der Waals surface area contributed by atoms with Crippen molar-refractivity contribution >= 4 is 136 Å². The van der Waals surface area contributed by atoms with Crippen molar-refractivity contribution in [1.82, 2.24) is 4.57 Å². The lowest BCUT2D eigenvalue weighted by molar-refractivity contribution is 0.488. The predicted octanol–water partition coefficient (Wildman–Crippen LogP) is 14.7. The summed E-state index contributed by atoms with van der Waals surface area (Å²) in [6, 6.07) is 104. The fourth-order valence-corrected chi connectivity index (χ4v) is 13.7. The highest BCUT2D eigenvalue weighted by molar-refractivity contribution is 7.02. The quantitative estimate of drug-likeness (QED) is 0.141. The Morgan fingerprint density at radius 2 is 0.750 bits per heavy atom. The molecule has 0 unspecified atom stereocenters. The maximum absolute atomic E-state index is 7.67. The molecule has 4 aliphatic rings. The first-order valence-electron chi connectivity index (χ1n) is 27.6. The molecular formula is C72H47B2N5O. The largest absolute Gasteiger partial charge is 0.458 e. The number of para-hydroxylation sites is 9. The minimum Gasteiger partial charge on any atom is -0.458 e. The van der Waals surface area contributed by atoms with Crippen LogP contribution in [0.3, 0.4) is 0 Å². The van der Waals surface area contributed by atoms with Crippen molar-refractivity contribution < 1.29 is 4.74 Å². The molecule has 0 saturated carbocycles. The average molecular weight is 1020 g/mol. The molecule has 0 spiro atoms. The summed E-state index contributed by atoms with van der Waals surface area (Å²) in [5.41, 5.74) is 23.9. The summed E-state index contributed by atoms with van der Waals surface area (Å²) in [5, 5.41) is 2.50. The number of benzene rings is 12. The van der Waals surface area contributed by atoms with E-state index in [4.69, 9.17) is 4.74 Å². The van der Waals surface area contributed by atoms with E-state index in [1.54, 1.807) is 0 Å². The molecule has 6 nitrogen and oxygen atoms in total. The second-order valence-electron chi connectivity index (χ2n) is 21.2. The van der Waals surface area contributed by atoms with Crippen LogP contribution < -0.4 is 57.1 Å². The van der Waals surface area contributed by atoms with Crippen LogP contribution in [0.2, 0.25) is 0 Å². The van der Waals surface area contributed by atoms with Crippen LogP contribution in [0.4, 0.5) is 68.2 Å². The summed E-state index contributed by atoms with van der Waals surface area (Å²) in [5.74, 6) is 1.68. The van der Waals surface area contributed by atoms with Crippen LogP contribution in [0.5, 0.6) is 11.5 Å². The number of fused-ring (bicyclic) bond motifs is 11. The van der Waals surface area contributed by atoms with Gasteiger partial charge in [0.25, 0.3) is 13.4 Å². The van der Waals surface area contributed by atoms with Crippen LogP contribution >= 0.6 is 0 Å². The van der Waals surface area contributed by atoms with E-state index in [9.17, 15) is 0 Å². The predicted molar refractivity (Wildman–Crippen MR) is 335 cm³/mol. The first kappa shape index (κ1) is 44.7. The molecule has 8 heteroatoms. The summed E-state index contributed by atoms with van der Waals surface area (Å²) in [6.45, 7) is -0.268. The van der Waals surface area contributed by atoms with E-state index in [0.29, 0.717) is 0 Å². The normalized spacial score (nSPS) is 13.0. The third-order valence-electron chi connectivity index (χ3n) is 16.9. The molecule has 80 heavy (non-hydrogen) atoms. The summed E-state index contributed by atoms with van der Waals surface area (Å²) in [6.07, 6.45) is 0. The van der Waals surface area contributed by atoms with Gasteiger partial charge in [0, 0.05) is 91.0 Å². The Hall–Kier alpha value is -10.4. The number of nitrogens with zero attached hydrogens (tertiary/aromatic N) is 5. The second-order valence-corrected chi connectivity index (χ2v) is 21.2. The molecule has 0 atom stereocenters. The summed E-state index contributed by atoms with van der Waals surface area (Å²) < 4.78 is 10.2. The fraction of sp³-hybridized carbons (Fsp3) is 0. The van der Waals surface area contributed by atoms with Gasteiger partial charge in [0.1, 0.15) is 11.5 Å². The van der Waals surface area contributed by atoms with Gasteiger partial charge in [-0.05, 0) is 136 Å². The Morgan fingerprint density at radius 3 is 1.36 bits per heavy atom. The van der Waals surface area contributed by atoms with Gasteiger partial charge in [0.05, 0.1) is 16.9 Å². The number of ether oxygens (including phenoxy) is 1. The van der Waals surface area contributed by atoms with Crippen LogP contribution in [0, 0.1) is 0 Å². The lowest BCUT2D eigenvalue weighted by Gasteiger charge is -2.44. The third kappa shape index (κ3) is 6.56. The molecule has 0 fully saturated rings. The number of rotatable bonds is 8. The van der Waals surface area contributed by atoms with E-state index in [-0.39, 0.29) is 13.4 Å². The molecule has 1 aromatic heterocycles. The molecule has 372 valence electrons. The third-order valence-corrected chi connectivity index (χ3v) is 16.9. The average Bonchev–Trinajstić information content (AvgIpc) is 3.99. The Balaban J connectivity index is 0.964. The molecule has 0 bridgehead atoms. The number of hydrogen-bond donors (Lipinski definition) is 0. The molecule has 5 heterocycles. The van der Waals surface area contributed by atoms with Gasteiger partial charge in [0.15, 0.2) is 0 Å². The monoisotopic (exact) mass is 1020 g/mol. The Kier molecular flexibility index (Phi) is 9.80. The zero-order chi connectivity index (χ0) is 52.4. The molecule has 0 radical (unpaired) electrons. The molecule has 0 amide bonds. The van der Waals surface area contributed by atoms with Gasteiger partial charge in [0.2, 0.25) is 0 Å². The van der Waals surface area contributed by atoms with Gasteiger partial charge in [-0.3, -0.25) is 0 Å². The number of aromatic nitrogens is 1. The van der Waals surface area contributed by atoms with Crippen molar-refractivity contribution in [2.45, 2.75) is 0 Å². The Bertz CT molecular complexity index is 4520. The highest BCUT2D eigenvalue weighted by Crippen LogP contribution is 2.49. The summed E-state index contributed by atoms with van der Waals surface area (Å²) in [7, 11) is 0. The smallest absolute Gasteiger partial charge is 0.256 e. The van der Waals surface area contributed by atoms with Crippen LogP contribution in [0.15, 0.2) is 285 Å². The molecular weight excluding hydrogens is 972 g/mol. The van der Waals surface area contributed by atoms with E-state index in [1.165, 1.54) is 49.3 Å². The first-order chi connectivity index (χ1) is 39.7. The Morgan fingerprint density at radius 1 is 0.287 bits per heavy atom. The molecule has 0 saturated heterocycles.